The molecule has 1 aliphatic heterocycles. The van der Waals surface area contributed by atoms with Crippen LogP contribution in [0.15, 0.2) is 12.1 Å². The van der Waals surface area contributed by atoms with Gasteiger partial charge in [0.05, 0.1) is 11.2 Å². The van der Waals surface area contributed by atoms with E-state index in [1.54, 1.807) is 0 Å². The molecule has 0 saturated carbocycles. The zero-order valence-corrected chi connectivity index (χ0v) is 13.4. The highest BCUT2D eigenvalue weighted by atomic mass is 35.5. The van der Waals surface area contributed by atoms with E-state index >= 15 is 0 Å². The van der Waals surface area contributed by atoms with Gasteiger partial charge in [-0.2, -0.15) is 0 Å². The molecular weight excluding hydrogens is 258 g/mol. The minimum Gasteiger partial charge on any atom is -0.399 e. The van der Waals surface area contributed by atoms with Crippen molar-refractivity contribution in [3.63, 3.8) is 0 Å². The molecule has 1 saturated heterocycles. The van der Waals surface area contributed by atoms with Crippen molar-refractivity contribution in [1.82, 2.24) is 0 Å². The van der Waals surface area contributed by atoms with Gasteiger partial charge in [-0.25, -0.2) is 0 Å². The van der Waals surface area contributed by atoms with Gasteiger partial charge in [-0.15, -0.1) is 0 Å². The molecule has 0 N–H and O–H groups in total. The number of benzene rings is 1. The van der Waals surface area contributed by atoms with Gasteiger partial charge in [-0.05, 0) is 57.6 Å². The summed E-state index contributed by atoms with van der Waals surface area (Å²) in [5, 5.41) is 0.850. The quantitative estimate of drug-likeness (QED) is 0.772. The smallest absolute Gasteiger partial charge is 0.399 e. The van der Waals surface area contributed by atoms with Crippen molar-refractivity contribution in [2.75, 3.05) is 0 Å². The monoisotopic (exact) mass is 280 g/mol. The highest BCUT2D eigenvalue weighted by molar-refractivity contribution is 6.62. The van der Waals surface area contributed by atoms with E-state index in [-0.39, 0.29) is 18.3 Å². The summed E-state index contributed by atoms with van der Waals surface area (Å²) in [6, 6.07) is 4.15. The van der Waals surface area contributed by atoms with Gasteiger partial charge in [0.2, 0.25) is 0 Å². The average molecular weight is 281 g/mol. The van der Waals surface area contributed by atoms with Crippen LogP contribution in [0.3, 0.4) is 0 Å². The summed E-state index contributed by atoms with van der Waals surface area (Å²) in [5.74, 6) is 0. The van der Waals surface area contributed by atoms with Crippen LogP contribution >= 0.6 is 11.6 Å². The van der Waals surface area contributed by atoms with Crippen LogP contribution in [0.4, 0.5) is 0 Å². The van der Waals surface area contributed by atoms with Gasteiger partial charge in [0.25, 0.3) is 0 Å². The number of hydrogen-bond donors (Lipinski definition) is 0. The van der Waals surface area contributed by atoms with Gasteiger partial charge in [0.1, 0.15) is 0 Å². The molecule has 1 aromatic carbocycles. The zero-order chi connectivity index (χ0) is 14.4. The molecule has 0 unspecified atom stereocenters. The van der Waals surface area contributed by atoms with Crippen LogP contribution in [0.5, 0.6) is 0 Å². The van der Waals surface area contributed by atoms with Crippen LogP contribution in [0.25, 0.3) is 0 Å². The predicted octanol–water partition coefficient (Wildman–Crippen LogP) is 3.51. The second-order valence-electron chi connectivity index (χ2n) is 6.25. The molecule has 0 atom stereocenters. The third-order valence-electron chi connectivity index (χ3n) is 4.26. The van der Waals surface area contributed by atoms with E-state index < -0.39 is 0 Å². The summed E-state index contributed by atoms with van der Waals surface area (Å²) in [7, 11) is -0.314. The highest BCUT2D eigenvalue weighted by Crippen LogP contribution is 2.36. The lowest BCUT2D eigenvalue weighted by atomic mass is 9.77. The third kappa shape index (κ3) is 2.56. The SMILES string of the molecule is CCc1cc(B2OC(C)(C)C(C)(C)O2)cc(C)c1Cl. The summed E-state index contributed by atoms with van der Waals surface area (Å²) >= 11 is 6.30. The molecule has 2 rings (SSSR count). The molecule has 1 heterocycles. The third-order valence-corrected chi connectivity index (χ3v) is 4.80. The molecule has 1 fully saturated rings. The predicted molar refractivity (Wildman–Crippen MR) is 81.3 cm³/mol. The van der Waals surface area contributed by atoms with Crippen molar-refractivity contribution < 1.29 is 9.31 Å². The fourth-order valence-electron chi connectivity index (χ4n) is 2.25. The topological polar surface area (TPSA) is 18.5 Å². The first-order valence-corrected chi connectivity index (χ1v) is 7.20. The Hall–Kier alpha value is -0.505. The van der Waals surface area contributed by atoms with Crippen LogP contribution in [0, 0.1) is 6.92 Å². The van der Waals surface area contributed by atoms with Crippen LogP contribution in [-0.2, 0) is 15.7 Å². The van der Waals surface area contributed by atoms with E-state index in [1.165, 1.54) is 0 Å². The van der Waals surface area contributed by atoms with Crippen LogP contribution in [0.2, 0.25) is 5.02 Å². The fourth-order valence-corrected chi connectivity index (χ4v) is 2.49. The summed E-state index contributed by atoms with van der Waals surface area (Å²) in [5.41, 5.74) is 2.66. The molecule has 0 aromatic heterocycles. The molecule has 1 aromatic rings. The summed E-state index contributed by atoms with van der Waals surface area (Å²) < 4.78 is 12.2. The Balaban J connectivity index is 2.37. The molecule has 2 nitrogen and oxygen atoms in total. The first-order valence-electron chi connectivity index (χ1n) is 6.82. The maximum Gasteiger partial charge on any atom is 0.494 e. The molecular formula is C15H22BClO2. The van der Waals surface area contributed by atoms with Crippen molar-refractivity contribution in [2.24, 2.45) is 0 Å². The van der Waals surface area contributed by atoms with Gasteiger partial charge in [-0.1, -0.05) is 30.7 Å². The Kier molecular flexibility index (Phi) is 3.76. The van der Waals surface area contributed by atoms with Crippen molar-refractivity contribution in [2.45, 2.75) is 59.2 Å². The lowest BCUT2D eigenvalue weighted by Gasteiger charge is -2.32. The molecule has 0 bridgehead atoms. The van der Waals surface area contributed by atoms with Crippen molar-refractivity contribution in [3.8, 4) is 0 Å². The molecule has 1 aliphatic rings. The maximum absolute atomic E-state index is 6.30. The highest BCUT2D eigenvalue weighted by Gasteiger charge is 2.51. The minimum atomic E-state index is -0.314. The Morgan fingerprint density at radius 2 is 1.63 bits per heavy atom. The van der Waals surface area contributed by atoms with E-state index in [0.717, 1.165) is 28.0 Å². The maximum atomic E-state index is 6.30. The Morgan fingerprint density at radius 1 is 1.11 bits per heavy atom. The standard InChI is InChI=1S/C15H22BClO2/c1-7-11-9-12(8-10(2)13(11)17)16-18-14(3,4)15(5,6)19-16/h8-9H,7H2,1-6H3. The molecule has 0 aliphatic carbocycles. The van der Waals surface area contributed by atoms with Gasteiger partial charge < -0.3 is 9.31 Å². The second kappa shape index (κ2) is 4.80. The Labute approximate surface area is 121 Å². The number of halogens is 1. The largest absolute Gasteiger partial charge is 0.494 e. The molecule has 0 amide bonds. The lowest BCUT2D eigenvalue weighted by molar-refractivity contribution is 0.00578. The van der Waals surface area contributed by atoms with Crippen molar-refractivity contribution in [3.05, 3.63) is 28.3 Å². The van der Waals surface area contributed by atoms with Gasteiger partial charge in [0, 0.05) is 5.02 Å². The van der Waals surface area contributed by atoms with E-state index in [1.807, 2.05) is 6.92 Å². The van der Waals surface area contributed by atoms with Gasteiger partial charge in [0.15, 0.2) is 0 Å². The molecule has 0 spiro atoms. The van der Waals surface area contributed by atoms with Crippen molar-refractivity contribution in [1.29, 1.82) is 0 Å². The molecule has 104 valence electrons. The van der Waals surface area contributed by atoms with E-state index in [2.05, 4.69) is 46.8 Å². The molecule has 4 heteroatoms. The first-order chi connectivity index (χ1) is 8.68. The zero-order valence-electron chi connectivity index (χ0n) is 12.6. The lowest BCUT2D eigenvalue weighted by Crippen LogP contribution is -2.41. The Bertz CT molecular complexity index is 481. The number of hydrogen-bond acceptors (Lipinski definition) is 2. The van der Waals surface area contributed by atoms with E-state index in [0.29, 0.717) is 0 Å². The minimum absolute atomic E-state index is 0.308. The average Bonchev–Trinajstić information content (AvgIpc) is 2.52. The summed E-state index contributed by atoms with van der Waals surface area (Å²) in [6.45, 7) is 12.4. The van der Waals surface area contributed by atoms with Crippen LogP contribution in [-0.4, -0.2) is 18.3 Å². The normalized spacial score (nSPS) is 20.9. The van der Waals surface area contributed by atoms with Gasteiger partial charge in [-0.3, -0.25) is 0 Å². The molecule has 19 heavy (non-hydrogen) atoms. The number of rotatable bonds is 2. The molecule has 0 radical (unpaired) electrons. The number of aryl methyl sites for hydroxylation is 2. The Morgan fingerprint density at radius 3 is 2.11 bits per heavy atom. The van der Waals surface area contributed by atoms with Crippen LogP contribution in [0.1, 0.15) is 45.7 Å². The summed E-state index contributed by atoms with van der Waals surface area (Å²) in [6.07, 6.45) is 0.910. The first kappa shape index (κ1) is 14.9. The van der Waals surface area contributed by atoms with Gasteiger partial charge >= 0.3 is 7.12 Å². The fraction of sp³-hybridized carbons (Fsp3) is 0.600. The van der Waals surface area contributed by atoms with Crippen molar-refractivity contribution >= 4 is 24.2 Å². The van der Waals surface area contributed by atoms with E-state index in [9.17, 15) is 0 Å². The van der Waals surface area contributed by atoms with Crippen LogP contribution < -0.4 is 5.46 Å². The van der Waals surface area contributed by atoms with E-state index in [4.69, 9.17) is 20.9 Å². The second-order valence-corrected chi connectivity index (χ2v) is 6.63. The summed E-state index contributed by atoms with van der Waals surface area (Å²) in [4.78, 5) is 0.